The first-order chi connectivity index (χ1) is 20.3. The molecule has 0 aliphatic carbocycles. The summed E-state index contributed by atoms with van der Waals surface area (Å²) in [7, 11) is 3.46. The van der Waals surface area contributed by atoms with Crippen LogP contribution < -0.4 is 18.9 Å². The monoisotopic (exact) mass is 580 g/mol. The van der Waals surface area contributed by atoms with E-state index < -0.39 is 0 Å². The van der Waals surface area contributed by atoms with Crippen molar-refractivity contribution in [3.05, 3.63) is 104 Å². The molecule has 0 spiro atoms. The van der Waals surface area contributed by atoms with E-state index in [-0.39, 0.29) is 5.41 Å². The quantitative estimate of drug-likeness (QED) is 0.175. The van der Waals surface area contributed by atoms with E-state index in [0.717, 1.165) is 67.5 Å². The Morgan fingerprint density at radius 2 is 0.674 bits per heavy atom. The number of hydrogen-bond donors (Lipinski definition) is 0. The molecule has 0 aliphatic heterocycles. The van der Waals surface area contributed by atoms with Crippen LogP contribution in [0.15, 0.2) is 48.5 Å². The van der Waals surface area contributed by atoms with Crippen LogP contribution in [-0.2, 0) is 5.41 Å². The Morgan fingerprint density at radius 1 is 0.419 bits per heavy atom. The highest BCUT2D eigenvalue weighted by Crippen LogP contribution is 2.39. The molecule has 228 valence electrons. The molecule has 0 aromatic heterocycles. The standard InChI is InChI=1S/C39H48O4/c1-23-15-31(16-24(2)35(23)40-11)32-17-25(3)37(26(4)18-32)42-13-14-43-38-29(7)21-34(22-30(38)8)39(9,10)33-19-27(5)36(41-12)28(6)20-33/h15-22H,13-14H2,1-12H3. The molecule has 0 amide bonds. The highest BCUT2D eigenvalue weighted by Gasteiger charge is 2.26. The van der Waals surface area contributed by atoms with Crippen LogP contribution in [0.4, 0.5) is 0 Å². The Hall–Kier alpha value is -3.92. The lowest BCUT2D eigenvalue weighted by Crippen LogP contribution is -2.20. The van der Waals surface area contributed by atoms with Crippen LogP contribution in [0.3, 0.4) is 0 Å². The maximum Gasteiger partial charge on any atom is 0.125 e. The van der Waals surface area contributed by atoms with Gasteiger partial charge < -0.3 is 18.9 Å². The van der Waals surface area contributed by atoms with E-state index in [9.17, 15) is 0 Å². The summed E-state index contributed by atoms with van der Waals surface area (Å²) in [6.45, 7) is 22.4. The summed E-state index contributed by atoms with van der Waals surface area (Å²) < 4.78 is 23.7. The second kappa shape index (κ2) is 12.8. The first-order valence-corrected chi connectivity index (χ1v) is 15.1. The van der Waals surface area contributed by atoms with E-state index >= 15 is 0 Å². The van der Waals surface area contributed by atoms with Gasteiger partial charge in [0, 0.05) is 5.41 Å². The van der Waals surface area contributed by atoms with Gasteiger partial charge in [-0.25, -0.2) is 0 Å². The van der Waals surface area contributed by atoms with E-state index in [4.69, 9.17) is 18.9 Å². The molecule has 4 heteroatoms. The summed E-state index contributed by atoms with van der Waals surface area (Å²) in [6, 6.07) is 17.8. The predicted molar refractivity (Wildman–Crippen MR) is 179 cm³/mol. The van der Waals surface area contributed by atoms with Gasteiger partial charge in [0.2, 0.25) is 0 Å². The molecule has 0 unspecified atom stereocenters. The number of ether oxygens (including phenoxy) is 4. The van der Waals surface area contributed by atoms with Gasteiger partial charge in [-0.05, 0) is 146 Å². The van der Waals surface area contributed by atoms with Gasteiger partial charge in [-0.1, -0.05) is 38.1 Å². The Bertz CT molecular complexity index is 1550. The van der Waals surface area contributed by atoms with E-state index in [0.29, 0.717) is 13.2 Å². The van der Waals surface area contributed by atoms with E-state index in [1.54, 1.807) is 14.2 Å². The van der Waals surface area contributed by atoms with Gasteiger partial charge in [0.15, 0.2) is 0 Å². The van der Waals surface area contributed by atoms with Crippen molar-refractivity contribution in [2.45, 2.75) is 74.7 Å². The fraction of sp³-hybridized carbons (Fsp3) is 0.385. The number of hydrogen-bond acceptors (Lipinski definition) is 4. The SMILES string of the molecule is COc1c(C)cc(-c2cc(C)c(OCCOc3c(C)cc(C(C)(C)c4cc(C)c(OC)c(C)c4)cc3C)c(C)c2)cc1C. The Kier molecular flexibility index (Phi) is 9.49. The third-order valence-corrected chi connectivity index (χ3v) is 8.60. The minimum absolute atomic E-state index is 0.163. The first-order valence-electron chi connectivity index (χ1n) is 15.1. The van der Waals surface area contributed by atoms with Gasteiger partial charge in [-0.15, -0.1) is 0 Å². The number of benzene rings is 4. The van der Waals surface area contributed by atoms with Gasteiger partial charge in [0.05, 0.1) is 14.2 Å². The minimum Gasteiger partial charge on any atom is -0.496 e. The molecule has 0 radical (unpaired) electrons. The largest absolute Gasteiger partial charge is 0.496 e. The van der Waals surface area contributed by atoms with Crippen LogP contribution in [-0.4, -0.2) is 27.4 Å². The van der Waals surface area contributed by atoms with Crippen LogP contribution in [0, 0.1) is 55.4 Å². The van der Waals surface area contributed by atoms with Crippen molar-refractivity contribution < 1.29 is 18.9 Å². The number of rotatable bonds is 10. The average Bonchev–Trinajstić information content (AvgIpc) is 2.92. The fourth-order valence-corrected chi connectivity index (χ4v) is 6.41. The summed E-state index contributed by atoms with van der Waals surface area (Å²) in [5, 5.41) is 0. The predicted octanol–water partition coefficient (Wildman–Crippen LogP) is 9.62. The van der Waals surface area contributed by atoms with Crippen molar-refractivity contribution >= 4 is 0 Å². The number of methoxy groups -OCH3 is 2. The van der Waals surface area contributed by atoms with Crippen molar-refractivity contribution in [1.29, 1.82) is 0 Å². The minimum atomic E-state index is -0.163. The van der Waals surface area contributed by atoms with Gasteiger partial charge in [-0.3, -0.25) is 0 Å². The van der Waals surface area contributed by atoms with Crippen molar-refractivity contribution in [2.75, 3.05) is 27.4 Å². The molecule has 43 heavy (non-hydrogen) atoms. The Labute approximate surface area is 259 Å². The molecule has 4 rings (SSSR count). The molecule has 0 N–H and O–H groups in total. The average molecular weight is 581 g/mol. The summed E-state index contributed by atoms with van der Waals surface area (Å²) in [5.74, 6) is 3.76. The topological polar surface area (TPSA) is 36.9 Å². The summed E-state index contributed by atoms with van der Waals surface area (Å²) in [6.07, 6.45) is 0. The zero-order chi connectivity index (χ0) is 31.6. The zero-order valence-electron chi connectivity index (χ0n) is 28.2. The third kappa shape index (κ3) is 6.54. The molecule has 0 atom stereocenters. The molecule has 4 nitrogen and oxygen atoms in total. The zero-order valence-corrected chi connectivity index (χ0v) is 28.2. The van der Waals surface area contributed by atoms with Crippen LogP contribution in [0.25, 0.3) is 11.1 Å². The van der Waals surface area contributed by atoms with Crippen molar-refractivity contribution in [1.82, 2.24) is 0 Å². The number of aryl methyl sites for hydroxylation is 8. The van der Waals surface area contributed by atoms with Crippen molar-refractivity contribution in [2.24, 2.45) is 0 Å². The molecule has 4 aromatic carbocycles. The highest BCUT2D eigenvalue weighted by molar-refractivity contribution is 5.70. The molecule has 0 fully saturated rings. The van der Waals surface area contributed by atoms with Crippen molar-refractivity contribution in [3.63, 3.8) is 0 Å². The first kappa shape index (κ1) is 32.0. The second-order valence-corrected chi connectivity index (χ2v) is 12.5. The van der Waals surface area contributed by atoms with Gasteiger partial charge in [-0.2, -0.15) is 0 Å². The molecule has 0 aliphatic rings. The fourth-order valence-electron chi connectivity index (χ4n) is 6.41. The second-order valence-electron chi connectivity index (χ2n) is 12.5. The van der Waals surface area contributed by atoms with Crippen LogP contribution in [0.1, 0.15) is 69.5 Å². The smallest absolute Gasteiger partial charge is 0.125 e. The van der Waals surface area contributed by atoms with Crippen LogP contribution in [0.5, 0.6) is 23.0 Å². The lowest BCUT2D eigenvalue weighted by atomic mass is 9.76. The van der Waals surface area contributed by atoms with Gasteiger partial charge in [0.25, 0.3) is 0 Å². The maximum atomic E-state index is 6.30. The van der Waals surface area contributed by atoms with Crippen LogP contribution >= 0.6 is 0 Å². The van der Waals surface area contributed by atoms with Crippen molar-refractivity contribution in [3.8, 4) is 34.1 Å². The lowest BCUT2D eigenvalue weighted by Gasteiger charge is -2.29. The van der Waals surface area contributed by atoms with Gasteiger partial charge in [0.1, 0.15) is 36.2 Å². The van der Waals surface area contributed by atoms with E-state index in [2.05, 4.69) is 118 Å². The normalized spacial score (nSPS) is 11.4. The van der Waals surface area contributed by atoms with E-state index in [1.807, 2.05) is 0 Å². The maximum absolute atomic E-state index is 6.30. The van der Waals surface area contributed by atoms with Gasteiger partial charge >= 0.3 is 0 Å². The summed E-state index contributed by atoms with van der Waals surface area (Å²) >= 11 is 0. The third-order valence-electron chi connectivity index (χ3n) is 8.60. The summed E-state index contributed by atoms with van der Waals surface area (Å²) in [5.41, 5.74) is 13.8. The molecule has 0 heterocycles. The molecule has 0 saturated carbocycles. The molecule has 4 aromatic rings. The Morgan fingerprint density at radius 3 is 0.977 bits per heavy atom. The molecular formula is C39H48O4. The molecular weight excluding hydrogens is 532 g/mol. The molecule has 0 bridgehead atoms. The summed E-state index contributed by atoms with van der Waals surface area (Å²) in [4.78, 5) is 0. The van der Waals surface area contributed by atoms with E-state index in [1.165, 1.54) is 22.3 Å². The highest BCUT2D eigenvalue weighted by atomic mass is 16.5. The van der Waals surface area contributed by atoms with Crippen LogP contribution in [0.2, 0.25) is 0 Å². The Balaban J connectivity index is 1.46. The molecule has 0 saturated heterocycles. The lowest BCUT2D eigenvalue weighted by molar-refractivity contribution is 0.214.